The molecule has 1 atom stereocenters. The lowest BCUT2D eigenvalue weighted by Crippen LogP contribution is -2.29. The quantitative estimate of drug-likeness (QED) is 0.764. The molecule has 14 heavy (non-hydrogen) atoms. The van der Waals surface area contributed by atoms with E-state index in [4.69, 9.17) is 11.0 Å². The summed E-state index contributed by atoms with van der Waals surface area (Å²) in [5.74, 6) is 1.12. The van der Waals surface area contributed by atoms with Crippen LogP contribution in [0.15, 0.2) is 12.4 Å². The first-order valence-electron chi connectivity index (χ1n) is 4.32. The largest absolute Gasteiger partial charge is 0.382 e. The Bertz CT molecular complexity index is 326. The van der Waals surface area contributed by atoms with Gasteiger partial charge in [-0.25, -0.2) is 9.97 Å². The Morgan fingerprint density at radius 3 is 2.79 bits per heavy atom. The Balaban J connectivity index is 2.74. The van der Waals surface area contributed by atoms with Gasteiger partial charge in [0, 0.05) is 13.1 Å². The van der Waals surface area contributed by atoms with E-state index < -0.39 is 0 Å². The third-order valence-electron chi connectivity index (χ3n) is 2.07. The SMILES string of the molecule is CC(CC#N)N(C)c1cnc(N)cn1. The van der Waals surface area contributed by atoms with Gasteiger partial charge in [-0.1, -0.05) is 0 Å². The van der Waals surface area contributed by atoms with Crippen molar-refractivity contribution in [2.75, 3.05) is 17.7 Å². The molecule has 0 aliphatic heterocycles. The summed E-state index contributed by atoms with van der Waals surface area (Å²) < 4.78 is 0. The zero-order valence-electron chi connectivity index (χ0n) is 8.31. The lowest BCUT2D eigenvalue weighted by atomic mass is 10.2. The number of hydrogen-bond acceptors (Lipinski definition) is 5. The van der Waals surface area contributed by atoms with Crippen LogP contribution in [0.4, 0.5) is 11.6 Å². The lowest BCUT2D eigenvalue weighted by molar-refractivity contribution is 0.692. The zero-order chi connectivity index (χ0) is 10.6. The smallest absolute Gasteiger partial charge is 0.147 e. The highest BCUT2D eigenvalue weighted by Crippen LogP contribution is 2.12. The molecule has 1 aromatic heterocycles. The van der Waals surface area contributed by atoms with Crippen molar-refractivity contribution >= 4 is 11.6 Å². The van der Waals surface area contributed by atoms with E-state index in [0.29, 0.717) is 12.2 Å². The highest BCUT2D eigenvalue weighted by Gasteiger charge is 2.10. The maximum absolute atomic E-state index is 8.54. The Kier molecular flexibility index (Phi) is 3.24. The summed E-state index contributed by atoms with van der Waals surface area (Å²) >= 11 is 0. The zero-order valence-corrected chi connectivity index (χ0v) is 8.31. The number of nitrogens with zero attached hydrogens (tertiary/aromatic N) is 4. The number of aromatic nitrogens is 2. The molecule has 5 nitrogen and oxygen atoms in total. The average molecular weight is 191 g/mol. The van der Waals surface area contributed by atoms with Crippen LogP contribution in [0.5, 0.6) is 0 Å². The Labute approximate surface area is 83.2 Å². The first-order valence-corrected chi connectivity index (χ1v) is 4.32. The molecular formula is C9H13N5. The summed E-state index contributed by atoms with van der Waals surface area (Å²) in [5.41, 5.74) is 5.42. The van der Waals surface area contributed by atoms with Gasteiger partial charge < -0.3 is 10.6 Å². The van der Waals surface area contributed by atoms with E-state index in [0.717, 1.165) is 5.82 Å². The van der Waals surface area contributed by atoms with Gasteiger partial charge in [-0.3, -0.25) is 0 Å². The Hall–Kier alpha value is -1.83. The number of nitrogen functional groups attached to an aromatic ring is 1. The van der Waals surface area contributed by atoms with E-state index in [2.05, 4.69) is 16.0 Å². The molecule has 0 fully saturated rings. The second kappa shape index (κ2) is 4.42. The first kappa shape index (κ1) is 10.3. The van der Waals surface area contributed by atoms with Gasteiger partial charge in [-0.05, 0) is 6.92 Å². The van der Waals surface area contributed by atoms with Crippen molar-refractivity contribution in [3.05, 3.63) is 12.4 Å². The average Bonchev–Trinajstić information content (AvgIpc) is 2.18. The highest BCUT2D eigenvalue weighted by atomic mass is 15.2. The Morgan fingerprint density at radius 1 is 1.57 bits per heavy atom. The topological polar surface area (TPSA) is 78.8 Å². The summed E-state index contributed by atoms with van der Waals surface area (Å²) in [6.07, 6.45) is 3.57. The molecule has 0 aliphatic carbocycles. The van der Waals surface area contributed by atoms with Crippen molar-refractivity contribution in [2.45, 2.75) is 19.4 Å². The second-order valence-electron chi connectivity index (χ2n) is 3.12. The summed E-state index contributed by atoms with van der Waals surface area (Å²) in [5, 5.41) is 8.54. The summed E-state index contributed by atoms with van der Waals surface area (Å²) in [7, 11) is 1.88. The molecule has 0 radical (unpaired) electrons. The summed E-state index contributed by atoms with van der Waals surface area (Å²) in [4.78, 5) is 9.94. The molecule has 1 unspecified atom stereocenters. The normalized spacial score (nSPS) is 11.8. The predicted molar refractivity (Wildman–Crippen MR) is 54.5 cm³/mol. The van der Waals surface area contributed by atoms with Gasteiger partial charge in [0.15, 0.2) is 0 Å². The van der Waals surface area contributed by atoms with E-state index in [1.165, 1.54) is 6.20 Å². The maximum atomic E-state index is 8.54. The van der Waals surface area contributed by atoms with Crippen molar-refractivity contribution in [2.24, 2.45) is 0 Å². The molecule has 0 saturated heterocycles. The van der Waals surface area contributed by atoms with Crippen molar-refractivity contribution in [3.8, 4) is 6.07 Å². The molecular weight excluding hydrogens is 178 g/mol. The van der Waals surface area contributed by atoms with Gasteiger partial charge in [0.1, 0.15) is 11.6 Å². The number of anilines is 2. The van der Waals surface area contributed by atoms with Gasteiger partial charge in [0.05, 0.1) is 24.9 Å². The Morgan fingerprint density at radius 2 is 2.29 bits per heavy atom. The minimum atomic E-state index is 0.123. The van der Waals surface area contributed by atoms with Crippen LogP contribution >= 0.6 is 0 Å². The van der Waals surface area contributed by atoms with Crippen LogP contribution in [-0.2, 0) is 0 Å². The van der Waals surface area contributed by atoms with E-state index >= 15 is 0 Å². The van der Waals surface area contributed by atoms with Crippen molar-refractivity contribution in [1.29, 1.82) is 5.26 Å². The fourth-order valence-corrected chi connectivity index (χ4v) is 1.01. The molecule has 0 bridgehead atoms. The second-order valence-corrected chi connectivity index (χ2v) is 3.12. The van der Waals surface area contributed by atoms with Crippen LogP contribution in [0, 0.1) is 11.3 Å². The molecule has 0 aromatic carbocycles. The third-order valence-corrected chi connectivity index (χ3v) is 2.07. The predicted octanol–water partition coefficient (Wildman–Crippen LogP) is 0.797. The monoisotopic (exact) mass is 191 g/mol. The minimum absolute atomic E-state index is 0.123. The molecule has 0 spiro atoms. The van der Waals surface area contributed by atoms with E-state index in [1.807, 2.05) is 18.9 Å². The third kappa shape index (κ3) is 2.33. The van der Waals surface area contributed by atoms with Gasteiger partial charge in [0.25, 0.3) is 0 Å². The number of nitriles is 1. The number of nitrogens with two attached hydrogens (primary N) is 1. The molecule has 0 aliphatic rings. The number of rotatable bonds is 3. The van der Waals surface area contributed by atoms with Crippen LogP contribution < -0.4 is 10.6 Å². The summed E-state index contributed by atoms with van der Waals surface area (Å²) in [6.45, 7) is 1.96. The summed E-state index contributed by atoms with van der Waals surface area (Å²) in [6, 6.07) is 2.24. The van der Waals surface area contributed by atoms with Crippen LogP contribution in [0.1, 0.15) is 13.3 Å². The van der Waals surface area contributed by atoms with Crippen LogP contribution in [0.3, 0.4) is 0 Å². The van der Waals surface area contributed by atoms with Crippen LogP contribution in [0.25, 0.3) is 0 Å². The maximum Gasteiger partial charge on any atom is 0.147 e. The van der Waals surface area contributed by atoms with E-state index in [-0.39, 0.29) is 6.04 Å². The lowest BCUT2D eigenvalue weighted by Gasteiger charge is -2.23. The highest BCUT2D eigenvalue weighted by molar-refractivity contribution is 5.39. The van der Waals surface area contributed by atoms with Gasteiger partial charge in [0.2, 0.25) is 0 Å². The molecule has 74 valence electrons. The van der Waals surface area contributed by atoms with Gasteiger partial charge >= 0.3 is 0 Å². The standard InChI is InChI=1S/C9H13N5/c1-7(3-4-10)14(2)9-6-12-8(11)5-13-9/h5-7H,3H2,1-2H3,(H2,11,12). The molecule has 1 aromatic rings. The van der Waals surface area contributed by atoms with Crippen LogP contribution in [-0.4, -0.2) is 23.1 Å². The van der Waals surface area contributed by atoms with E-state index in [9.17, 15) is 0 Å². The van der Waals surface area contributed by atoms with Crippen LogP contribution in [0.2, 0.25) is 0 Å². The molecule has 2 N–H and O–H groups in total. The molecule has 1 heterocycles. The van der Waals surface area contributed by atoms with Gasteiger partial charge in [-0.15, -0.1) is 0 Å². The number of hydrogen-bond donors (Lipinski definition) is 1. The molecule has 5 heteroatoms. The van der Waals surface area contributed by atoms with Crippen molar-refractivity contribution < 1.29 is 0 Å². The first-order chi connectivity index (χ1) is 6.65. The molecule has 1 rings (SSSR count). The molecule has 0 saturated carbocycles. The van der Waals surface area contributed by atoms with E-state index in [1.54, 1.807) is 6.20 Å². The fourth-order valence-electron chi connectivity index (χ4n) is 1.01. The minimum Gasteiger partial charge on any atom is -0.382 e. The van der Waals surface area contributed by atoms with Crippen molar-refractivity contribution in [3.63, 3.8) is 0 Å². The van der Waals surface area contributed by atoms with Gasteiger partial charge in [-0.2, -0.15) is 5.26 Å². The fraction of sp³-hybridized carbons (Fsp3) is 0.444. The molecule has 0 amide bonds. The van der Waals surface area contributed by atoms with Crippen molar-refractivity contribution in [1.82, 2.24) is 9.97 Å².